The molecule has 1 N–H and O–H groups in total. The number of hydrogen-bond donors (Lipinski definition) is 1. The smallest absolute Gasteiger partial charge is 0.314 e. The van der Waals surface area contributed by atoms with Crippen LogP contribution >= 0.6 is 11.6 Å². The van der Waals surface area contributed by atoms with Crippen molar-refractivity contribution in [2.24, 2.45) is 0 Å². The molecule has 0 heterocycles. The number of halogens is 2. The lowest BCUT2D eigenvalue weighted by atomic mass is 9.64. The Balaban J connectivity index is 2.55. The molecule has 1 aliphatic rings. The van der Waals surface area contributed by atoms with E-state index < -0.39 is 17.2 Å². The number of carboxylic acid groups (broad SMARTS) is 1. The molecule has 16 heavy (non-hydrogen) atoms. The van der Waals surface area contributed by atoms with Crippen LogP contribution in [0.4, 0.5) is 4.39 Å². The Hall–Kier alpha value is -1.09. The van der Waals surface area contributed by atoms with Crippen molar-refractivity contribution in [3.63, 3.8) is 0 Å². The molecule has 2 rings (SSSR count). The summed E-state index contributed by atoms with van der Waals surface area (Å²) >= 11 is 6.01. The van der Waals surface area contributed by atoms with E-state index in [1.54, 1.807) is 6.92 Å². The van der Waals surface area contributed by atoms with E-state index in [-0.39, 0.29) is 0 Å². The monoisotopic (exact) mass is 242 g/mol. The summed E-state index contributed by atoms with van der Waals surface area (Å²) in [6.45, 7) is 1.61. The van der Waals surface area contributed by atoms with Crippen molar-refractivity contribution in [3.8, 4) is 0 Å². The number of hydrogen-bond acceptors (Lipinski definition) is 1. The predicted molar refractivity (Wildman–Crippen MR) is 59.3 cm³/mol. The molecule has 1 aliphatic carbocycles. The van der Waals surface area contributed by atoms with Gasteiger partial charge in [-0.3, -0.25) is 4.79 Å². The third-order valence-electron chi connectivity index (χ3n) is 3.38. The van der Waals surface area contributed by atoms with Gasteiger partial charge in [-0.1, -0.05) is 18.0 Å². The molecule has 2 nitrogen and oxygen atoms in total. The first-order valence-corrected chi connectivity index (χ1v) is 5.55. The standard InChI is InChI=1S/C12H12ClFO2/c1-7-5-9(13)8(6-10(7)14)12(11(15)16)3-2-4-12/h5-6H,2-4H2,1H3,(H,15,16). The molecule has 0 atom stereocenters. The van der Waals surface area contributed by atoms with Crippen LogP contribution in [0.1, 0.15) is 30.4 Å². The second kappa shape index (κ2) is 3.74. The lowest BCUT2D eigenvalue weighted by Gasteiger charge is -2.38. The summed E-state index contributed by atoms with van der Waals surface area (Å²) in [6.07, 6.45) is 1.91. The molecule has 0 radical (unpaired) electrons. The second-order valence-electron chi connectivity index (χ2n) is 4.32. The van der Waals surface area contributed by atoms with Gasteiger partial charge in [0, 0.05) is 5.02 Å². The molecule has 1 saturated carbocycles. The maximum Gasteiger partial charge on any atom is 0.314 e. The molecule has 0 aromatic heterocycles. The fourth-order valence-corrected chi connectivity index (χ4v) is 2.54. The molecule has 0 spiro atoms. The Morgan fingerprint density at radius 3 is 2.56 bits per heavy atom. The zero-order valence-electron chi connectivity index (χ0n) is 8.89. The molecule has 0 saturated heterocycles. The van der Waals surface area contributed by atoms with E-state index in [0.29, 0.717) is 29.0 Å². The minimum Gasteiger partial charge on any atom is -0.481 e. The molecule has 86 valence electrons. The van der Waals surface area contributed by atoms with Crippen LogP contribution < -0.4 is 0 Å². The highest BCUT2D eigenvalue weighted by Gasteiger charge is 2.47. The largest absolute Gasteiger partial charge is 0.481 e. The predicted octanol–water partition coefficient (Wildman–Crippen LogP) is 3.29. The Kier molecular flexibility index (Phi) is 2.66. The Labute approximate surface area is 98.0 Å². The highest BCUT2D eigenvalue weighted by molar-refractivity contribution is 6.31. The number of rotatable bonds is 2. The Morgan fingerprint density at radius 1 is 1.50 bits per heavy atom. The lowest BCUT2D eigenvalue weighted by molar-refractivity contribution is -0.147. The molecule has 0 amide bonds. The first kappa shape index (κ1) is 11.4. The van der Waals surface area contributed by atoms with Crippen LogP contribution in [0.5, 0.6) is 0 Å². The van der Waals surface area contributed by atoms with Gasteiger partial charge >= 0.3 is 5.97 Å². The number of aryl methyl sites for hydroxylation is 1. The molecule has 0 bridgehead atoms. The summed E-state index contributed by atoms with van der Waals surface area (Å²) in [5.74, 6) is -1.31. The fraction of sp³-hybridized carbons (Fsp3) is 0.417. The zero-order chi connectivity index (χ0) is 11.9. The highest BCUT2D eigenvalue weighted by Crippen LogP contribution is 2.46. The van der Waals surface area contributed by atoms with Gasteiger partial charge in [-0.15, -0.1) is 0 Å². The van der Waals surface area contributed by atoms with Crippen LogP contribution in [0.15, 0.2) is 12.1 Å². The highest BCUT2D eigenvalue weighted by atomic mass is 35.5. The molecular formula is C12H12ClFO2. The minimum absolute atomic E-state index is 0.348. The molecule has 4 heteroatoms. The maximum atomic E-state index is 13.5. The second-order valence-corrected chi connectivity index (χ2v) is 4.73. The molecule has 0 unspecified atom stereocenters. The van der Waals surface area contributed by atoms with Crippen molar-refractivity contribution >= 4 is 17.6 Å². The van der Waals surface area contributed by atoms with E-state index >= 15 is 0 Å². The Bertz CT molecular complexity index is 453. The third-order valence-corrected chi connectivity index (χ3v) is 3.69. The molecule has 1 aromatic rings. The minimum atomic E-state index is -0.967. The number of benzene rings is 1. The van der Waals surface area contributed by atoms with Crippen LogP contribution in [0.2, 0.25) is 5.02 Å². The van der Waals surface area contributed by atoms with Crippen molar-refractivity contribution in [1.29, 1.82) is 0 Å². The van der Waals surface area contributed by atoms with Crippen LogP contribution in [0, 0.1) is 12.7 Å². The molecule has 1 fully saturated rings. The van der Waals surface area contributed by atoms with Gasteiger partial charge in [0.15, 0.2) is 0 Å². The lowest BCUT2D eigenvalue weighted by Crippen LogP contribution is -2.42. The van der Waals surface area contributed by atoms with Gasteiger partial charge in [-0.2, -0.15) is 0 Å². The van der Waals surface area contributed by atoms with E-state index in [9.17, 15) is 14.3 Å². The first-order chi connectivity index (χ1) is 7.47. The number of carbonyl (C=O) groups is 1. The van der Waals surface area contributed by atoms with Crippen molar-refractivity contribution in [2.75, 3.05) is 0 Å². The fourth-order valence-electron chi connectivity index (χ4n) is 2.14. The summed E-state index contributed by atoms with van der Waals surface area (Å²) in [5.41, 5.74) is -0.115. The van der Waals surface area contributed by atoms with Gasteiger partial charge < -0.3 is 5.11 Å². The Morgan fingerprint density at radius 2 is 2.12 bits per heavy atom. The first-order valence-electron chi connectivity index (χ1n) is 5.17. The van der Waals surface area contributed by atoms with Crippen molar-refractivity contribution < 1.29 is 14.3 Å². The van der Waals surface area contributed by atoms with E-state index in [2.05, 4.69) is 0 Å². The van der Waals surface area contributed by atoms with Crippen molar-refractivity contribution in [2.45, 2.75) is 31.6 Å². The molecule has 1 aromatic carbocycles. The summed E-state index contributed by atoms with van der Waals surface area (Å²) in [7, 11) is 0. The van der Waals surface area contributed by atoms with Gasteiger partial charge in [0.05, 0.1) is 5.41 Å². The van der Waals surface area contributed by atoms with Crippen LogP contribution in [0.3, 0.4) is 0 Å². The third kappa shape index (κ3) is 1.50. The average Bonchev–Trinajstić information content (AvgIpc) is 2.11. The normalized spacial score (nSPS) is 17.9. The summed E-state index contributed by atoms with van der Waals surface area (Å²) in [5, 5.41) is 9.59. The van der Waals surface area contributed by atoms with Gasteiger partial charge in [-0.25, -0.2) is 4.39 Å². The summed E-state index contributed by atoms with van der Waals surface area (Å²) in [4.78, 5) is 11.3. The summed E-state index contributed by atoms with van der Waals surface area (Å²) < 4.78 is 13.5. The van der Waals surface area contributed by atoms with E-state index in [1.807, 2.05) is 0 Å². The molecular weight excluding hydrogens is 231 g/mol. The van der Waals surface area contributed by atoms with Crippen LogP contribution in [-0.2, 0) is 10.2 Å². The van der Waals surface area contributed by atoms with Gasteiger partial charge in [0.25, 0.3) is 0 Å². The van der Waals surface area contributed by atoms with Gasteiger partial charge in [0.2, 0.25) is 0 Å². The topological polar surface area (TPSA) is 37.3 Å². The van der Waals surface area contributed by atoms with Crippen molar-refractivity contribution in [3.05, 3.63) is 34.1 Å². The van der Waals surface area contributed by atoms with Crippen LogP contribution in [-0.4, -0.2) is 11.1 Å². The SMILES string of the molecule is Cc1cc(Cl)c(C2(C(=O)O)CCC2)cc1F. The molecule has 0 aliphatic heterocycles. The summed E-state index contributed by atoms with van der Waals surface area (Å²) in [6, 6.07) is 2.76. The van der Waals surface area contributed by atoms with Crippen LogP contribution in [0.25, 0.3) is 0 Å². The van der Waals surface area contributed by atoms with Gasteiger partial charge in [-0.05, 0) is 43.0 Å². The van der Waals surface area contributed by atoms with E-state index in [4.69, 9.17) is 11.6 Å². The van der Waals surface area contributed by atoms with E-state index in [1.165, 1.54) is 12.1 Å². The van der Waals surface area contributed by atoms with E-state index in [0.717, 1.165) is 6.42 Å². The maximum absolute atomic E-state index is 13.5. The number of aliphatic carboxylic acids is 1. The quantitative estimate of drug-likeness (QED) is 0.864. The van der Waals surface area contributed by atoms with Crippen molar-refractivity contribution in [1.82, 2.24) is 0 Å². The average molecular weight is 243 g/mol. The zero-order valence-corrected chi connectivity index (χ0v) is 9.64. The van der Waals surface area contributed by atoms with Gasteiger partial charge in [0.1, 0.15) is 5.82 Å². The number of carboxylic acids is 1.